The van der Waals surface area contributed by atoms with Gasteiger partial charge in [-0.05, 0) is 58.0 Å². The van der Waals surface area contributed by atoms with Crippen molar-refractivity contribution in [2.24, 2.45) is 0 Å². The molecule has 2 rings (SSSR count). The molecule has 1 amide bonds. The molecule has 28 heavy (non-hydrogen) atoms. The Kier molecular flexibility index (Phi) is 8.33. The van der Waals surface area contributed by atoms with Crippen molar-refractivity contribution < 1.29 is 14.3 Å². The first kappa shape index (κ1) is 22.2. The van der Waals surface area contributed by atoms with Gasteiger partial charge in [-0.1, -0.05) is 22.0 Å². The molecule has 2 aromatic carbocycles. The minimum atomic E-state index is -0.178. The van der Waals surface area contributed by atoms with Crippen LogP contribution in [-0.4, -0.2) is 43.2 Å². The van der Waals surface area contributed by atoms with E-state index in [0.29, 0.717) is 41.4 Å². The van der Waals surface area contributed by atoms with Crippen LogP contribution in [0.2, 0.25) is 0 Å². The van der Waals surface area contributed by atoms with Gasteiger partial charge in [0.25, 0.3) is 5.91 Å². The van der Waals surface area contributed by atoms with Gasteiger partial charge in [0.05, 0.1) is 7.11 Å². The molecule has 2 aromatic rings. The molecule has 1 N–H and O–H groups in total. The summed E-state index contributed by atoms with van der Waals surface area (Å²) in [7, 11) is 1.61. The topological polar surface area (TPSA) is 50.8 Å². The number of carbonyl (C=O) groups excluding carboxylic acids is 1. The van der Waals surface area contributed by atoms with Crippen LogP contribution in [0.1, 0.15) is 38.1 Å². The number of nitrogens with zero attached hydrogens (tertiary/aromatic N) is 1. The summed E-state index contributed by atoms with van der Waals surface area (Å²) in [6.07, 6.45) is 0. The summed E-state index contributed by atoms with van der Waals surface area (Å²) >= 11 is 3.39. The van der Waals surface area contributed by atoms with E-state index in [1.807, 2.05) is 12.1 Å². The number of anilines is 1. The number of hydrogen-bond donors (Lipinski definition) is 1. The van der Waals surface area contributed by atoms with E-state index in [1.165, 1.54) is 0 Å². The summed E-state index contributed by atoms with van der Waals surface area (Å²) in [5, 5.41) is 2.91. The van der Waals surface area contributed by atoms with Gasteiger partial charge in [0.15, 0.2) is 11.5 Å². The molecule has 6 heteroatoms. The van der Waals surface area contributed by atoms with Crippen LogP contribution in [0.5, 0.6) is 11.5 Å². The fourth-order valence-corrected chi connectivity index (χ4v) is 3.47. The fraction of sp³-hybridized carbons (Fsp3) is 0.409. The van der Waals surface area contributed by atoms with Crippen LogP contribution in [0, 0.1) is 0 Å². The minimum Gasteiger partial charge on any atom is -0.493 e. The molecule has 0 aliphatic rings. The zero-order chi connectivity index (χ0) is 20.7. The van der Waals surface area contributed by atoms with Crippen molar-refractivity contribution in [2.75, 3.05) is 25.6 Å². The van der Waals surface area contributed by atoms with E-state index in [1.54, 1.807) is 37.4 Å². The smallest absolute Gasteiger partial charge is 0.255 e. The molecule has 0 saturated carbocycles. The number of benzene rings is 2. The molecule has 0 fully saturated rings. The number of nitrogens with one attached hydrogen (secondary N) is 1. The molecule has 0 bridgehead atoms. The maximum atomic E-state index is 12.5. The molecule has 0 aromatic heterocycles. The van der Waals surface area contributed by atoms with Crippen LogP contribution in [0.25, 0.3) is 0 Å². The Hall–Kier alpha value is -2.05. The van der Waals surface area contributed by atoms with Gasteiger partial charge in [-0.25, -0.2) is 0 Å². The highest BCUT2D eigenvalue weighted by Gasteiger charge is 2.14. The average Bonchev–Trinajstić information content (AvgIpc) is 2.64. The van der Waals surface area contributed by atoms with Gasteiger partial charge in [-0.15, -0.1) is 0 Å². The average molecular weight is 449 g/mol. The number of rotatable bonds is 9. The monoisotopic (exact) mass is 448 g/mol. The van der Waals surface area contributed by atoms with E-state index >= 15 is 0 Å². The van der Waals surface area contributed by atoms with Crippen molar-refractivity contribution in [3.63, 3.8) is 0 Å². The number of ether oxygens (including phenoxy) is 2. The number of amides is 1. The van der Waals surface area contributed by atoms with E-state index in [0.717, 1.165) is 11.0 Å². The maximum absolute atomic E-state index is 12.5. The lowest BCUT2D eigenvalue weighted by atomic mass is 10.2. The molecular weight excluding hydrogens is 420 g/mol. The van der Waals surface area contributed by atoms with Gasteiger partial charge in [-0.3, -0.25) is 9.69 Å². The van der Waals surface area contributed by atoms with Gasteiger partial charge < -0.3 is 14.8 Å². The SMILES string of the molecule is COc1ccc(NC(=O)c2cccc(Br)c2)cc1OCCN(C(C)C)C(C)C. The summed E-state index contributed by atoms with van der Waals surface area (Å²) in [4.78, 5) is 14.8. The predicted molar refractivity (Wildman–Crippen MR) is 118 cm³/mol. The van der Waals surface area contributed by atoms with E-state index in [-0.39, 0.29) is 5.91 Å². The first-order valence-electron chi connectivity index (χ1n) is 9.45. The second kappa shape index (κ2) is 10.5. The van der Waals surface area contributed by atoms with Crippen molar-refractivity contribution in [1.82, 2.24) is 4.90 Å². The zero-order valence-electron chi connectivity index (χ0n) is 17.2. The second-order valence-corrected chi connectivity index (χ2v) is 8.02. The number of hydrogen-bond acceptors (Lipinski definition) is 4. The highest BCUT2D eigenvalue weighted by Crippen LogP contribution is 2.30. The van der Waals surface area contributed by atoms with Crippen LogP contribution >= 0.6 is 15.9 Å². The third-order valence-electron chi connectivity index (χ3n) is 4.44. The molecule has 0 atom stereocenters. The lowest BCUT2D eigenvalue weighted by molar-refractivity contribution is 0.102. The molecule has 0 spiro atoms. The molecule has 0 unspecified atom stereocenters. The van der Waals surface area contributed by atoms with Crippen LogP contribution in [0.3, 0.4) is 0 Å². The molecule has 0 aliphatic heterocycles. The van der Waals surface area contributed by atoms with Crippen molar-refractivity contribution in [3.8, 4) is 11.5 Å². The Balaban J connectivity index is 2.07. The summed E-state index contributed by atoms with van der Waals surface area (Å²) in [5.41, 5.74) is 1.24. The first-order chi connectivity index (χ1) is 13.3. The van der Waals surface area contributed by atoms with E-state index in [2.05, 4.69) is 53.8 Å². The molecular formula is C22H29BrN2O3. The van der Waals surface area contributed by atoms with Gasteiger partial charge in [0.1, 0.15) is 6.61 Å². The summed E-state index contributed by atoms with van der Waals surface area (Å²) in [6.45, 7) is 10.1. The normalized spacial score (nSPS) is 11.2. The standard InChI is InChI=1S/C22H29BrN2O3/c1-15(2)25(16(3)4)11-12-28-21-14-19(9-10-20(21)27-5)24-22(26)17-7-6-8-18(23)13-17/h6-10,13-16H,11-12H2,1-5H3,(H,24,26). The maximum Gasteiger partial charge on any atom is 0.255 e. The van der Waals surface area contributed by atoms with Crippen LogP contribution in [-0.2, 0) is 0 Å². The molecule has 0 radical (unpaired) electrons. The third kappa shape index (κ3) is 6.24. The van der Waals surface area contributed by atoms with Crippen molar-refractivity contribution in [3.05, 3.63) is 52.5 Å². The Morgan fingerprint density at radius 3 is 2.39 bits per heavy atom. The van der Waals surface area contributed by atoms with Crippen molar-refractivity contribution in [2.45, 2.75) is 39.8 Å². The molecule has 0 aliphatic carbocycles. The van der Waals surface area contributed by atoms with Crippen LogP contribution in [0.15, 0.2) is 46.9 Å². The number of halogens is 1. The van der Waals surface area contributed by atoms with Gasteiger partial charge in [-0.2, -0.15) is 0 Å². The van der Waals surface area contributed by atoms with Gasteiger partial charge in [0, 0.05) is 40.4 Å². The van der Waals surface area contributed by atoms with Crippen molar-refractivity contribution >= 4 is 27.5 Å². The summed E-state index contributed by atoms with van der Waals surface area (Å²) in [6, 6.07) is 13.6. The Morgan fingerprint density at radius 2 is 1.79 bits per heavy atom. The lowest BCUT2D eigenvalue weighted by Crippen LogP contribution is -2.39. The number of carbonyl (C=O) groups is 1. The molecule has 152 valence electrons. The Bertz CT molecular complexity index is 785. The molecule has 0 heterocycles. The Labute approximate surface area is 176 Å². The van der Waals surface area contributed by atoms with Crippen LogP contribution < -0.4 is 14.8 Å². The third-order valence-corrected chi connectivity index (χ3v) is 4.94. The van der Waals surface area contributed by atoms with Crippen LogP contribution in [0.4, 0.5) is 5.69 Å². The number of methoxy groups -OCH3 is 1. The lowest BCUT2D eigenvalue weighted by Gasteiger charge is -2.30. The van der Waals surface area contributed by atoms with E-state index < -0.39 is 0 Å². The summed E-state index contributed by atoms with van der Waals surface area (Å²) < 4.78 is 12.2. The van der Waals surface area contributed by atoms with Gasteiger partial charge in [0.2, 0.25) is 0 Å². The largest absolute Gasteiger partial charge is 0.493 e. The Morgan fingerprint density at radius 1 is 1.07 bits per heavy atom. The van der Waals surface area contributed by atoms with Gasteiger partial charge >= 0.3 is 0 Å². The minimum absolute atomic E-state index is 0.178. The van der Waals surface area contributed by atoms with E-state index in [9.17, 15) is 4.79 Å². The van der Waals surface area contributed by atoms with E-state index in [4.69, 9.17) is 9.47 Å². The first-order valence-corrected chi connectivity index (χ1v) is 10.2. The predicted octanol–water partition coefficient (Wildman–Crippen LogP) is 5.21. The molecule has 0 saturated heterocycles. The summed E-state index contributed by atoms with van der Waals surface area (Å²) in [5.74, 6) is 1.08. The highest BCUT2D eigenvalue weighted by atomic mass is 79.9. The fourth-order valence-electron chi connectivity index (χ4n) is 3.07. The highest BCUT2D eigenvalue weighted by molar-refractivity contribution is 9.10. The second-order valence-electron chi connectivity index (χ2n) is 7.10. The quantitative estimate of drug-likeness (QED) is 0.571. The van der Waals surface area contributed by atoms with Crippen molar-refractivity contribution in [1.29, 1.82) is 0 Å². The zero-order valence-corrected chi connectivity index (χ0v) is 18.7. The molecule has 5 nitrogen and oxygen atoms in total.